The Balaban J connectivity index is 2.88. The maximum Gasteiger partial charge on any atom is 0.262 e. The molecule has 0 aromatic rings. The van der Waals surface area contributed by atoms with Gasteiger partial charge in [-0.1, -0.05) is 6.92 Å². The fourth-order valence-corrected chi connectivity index (χ4v) is 1.53. The number of hydrogen-bond donors (Lipinski definition) is 1. The van der Waals surface area contributed by atoms with E-state index < -0.39 is 0 Å². The molecule has 0 radical (unpaired) electrons. The Morgan fingerprint density at radius 2 is 2.47 bits per heavy atom. The molecule has 0 aromatic heterocycles. The molecule has 0 bridgehead atoms. The average Bonchev–Trinajstić information content (AvgIpc) is 2.21. The summed E-state index contributed by atoms with van der Waals surface area (Å²) in [7, 11) is 0. The van der Waals surface area contributed by atoms with Crippen LogP contribution in [0.5, 0.6) is 0 Å². The van der Waals surface area contributed by atoms with Crippen molar-refractivity contribution >= 4 is 35.0 Å². The number of ether oxygens (including phenoxy) is 1. The van der Waals surface area contributed by atoms with Crippen molar-refractivity contribution in [1.82, 2.24) is 5.32 Å². The third kappa shape index (κ3) is 3.65. The summed E-state index contributed by atoms with van der Waals surface area (Å²) in [5.41, 5.74) is 1.81. The lowest BCUT2D eigenvalue weighted by molar-refractivity contribution is -0.124. The Morgan fingerprint density at radius 3 is 3.00 bits per heavy atom. The Bertz CT molecular complexity index is 345. The summed E-state index contributed by atoms with van der Waals surface area (Å²) in [6, 6.07) is 0. The van der Waals surface area contributed by atoms with Gasteiger partial charge >= 0.3 is 0 Å². The summed E-state index contributed by atoms with van der Waals surface area (Å²) in [6.07, 6.45) is 4.55. The zero-order valence-corrected chi connectivity index (χ0v) is 10.9. The lowest BCUT2D eigenvalue weighted by Crippen LogP contribution is -2.31. The molecule has 0 unspecified atom stereocenters. The Hall–Kier alpha value is -0.850. The first-order valence-electron chi connectivity index (χ1n) is 4.65. The number of hydrogen-bond acceptors (Lipinski definition) is 3. The van der Waals surface area contributed by atoms with E-state index in [2.05, 4.69) is 8.52 Å². The molecule has 1 amide bonds. The molecule has 1 aliphatic heterocycles. The second-order valence-electron chi connectivity index (χ2n) is 3.13. The third-order valence-electron chi connectivity index (χ3n) is 1.99. The van der Waals surface area contributed by atoms with Crippen LogP contribution in [0.2, 0.25) is 0 Å². The number of nitrogens with one attached hydrogen (secondary N) is 1. The van der Waals surface area contributed by atoms with Crippen molar-refractivity contribution in [3.8, 4) is 0 Å². The topological polar surface area (TPSA) is 50.7 Å². The predicted molar refractivity (Wildman–Crippen MR) is 67.7 cm³/mol. The first-order chi connectivity index (χ1) is 7.17. The molecular formula is C10H13IN2O2. The smallest absolute Gasteiger partial charge is 0.262 e. The number of amides is 1. The molecule has 1 aliphatic rings. The largest absolute Gasteiger partial charge is 0.482 e. The summed E-state index contributed by atoms with van der Waals surface area (Å²) in [5, 5.41) is 2.73. The Kier molecular flexibility index (Phi) is 4.80. The maximum atomic E-state index is 11.0. The van der Waals surface area contributed by atoms with Gasteiger partial charge in [0.2, 0.25) is 0 Å². The molecule has 1 rings (SSSR count). The molecule has 5 heteroatoms. The van der Waals surface area contributed by atoms with Crippen LogP contribution in [0.4, 0.5) is 0 Å². The molecule has 0 atom stereocenters. The fourth-order valence-electron chi connectivity index (χ4n) is 1.17. The van der Waals surface area contributed by atoms with E-state index in [1.54, 1.807) is 6.21 Å². The number of carbonyl (C=O) groups excluding carboxylic acids is 1. The molecule has 15 heavy (non-hydrogen) atoms. The summed E-state index contributed by atoms with van der Waals surface area (Å²) in [5.74, 6) is 0.605. The van der Waals surface area contributed by atoms with Crippen LogP contribution in [0.3, 0.4) is 0 Å². The predicted octanol–water partition coefficient (Wildman–Crippen LogP) is 2.12. The number of allylic oxidation sites excluding steroid dienone is 3. The summed E-state index contributed by atoms with van der Waals surface area (Å²) >= 11 is 1.93. The Morgan fingerprint density at radius 1 is 1.73 bits per heavy atom. The molecule has 0 saturated carbocycles. The van der Waals surface area contributed by atoms with E-state index >= 15 is 0 Å². The van der Waals surface area contributed by atoms with E-state index in [9.17, 15) is 4.79 Å². The number of rotatable bonds is 3. The van der Waals surface area contributed by atoms with Gasteiger partial charge in [-0.05, 0) is 25.0 Å². The summed E-state index contributed by atoms with van der Waals surface area (Å²) in [6.45, 7) is 3.94. The maximum absolute atomic E-state index is 11.0. The van der Waals surface area contributed by atoms with Crippen LogP contribution in [0.1, 0.15) is 20.3 Å². The van der Waals surface area contributed by atoms with Gasteiger partial charge in [0.15, 0.2) is 6.61 Å². The van der Waals surface area contributed by atoms with Gasteiger partial charge in [-0.25, -0.2) is 3.21 Å². The van der Waals surface area contributed by atoms with Gasteiger partial charge in [0.1, 0.15) is 5.76 Å². The molecule has 1 heterocycles. The van der Waals surface area contributed by atoms with Gasteiger partial charge in [-0.3, -0.25) is 4.79 Å². The Labute approximate surface area is 103 Å². The number of carbonyl (C=O) groups is 1. The van der Waals surface area contributed by atoms with Gasteiger partial charge in [-0.15, -0.1) is 0 Å². The fraction of sp³-hybridized carbons (Fsp3) is 0.400. The van der Waals surface area contributed by atoms with Crippen molar-refractivity contribution in [1.29, 1.82) is 0 Å². The quantitative estimate of drug-likeness (QED) is 0.640. The molecule has 0 saturated heterocycles. The van der Waals surface area contributed by atoms with Gasteiger partial charge in [0, 0.05) is 6.21 Å². The molecule has 0 aliphatic carbocycles. The minimum Gasteiger partial charge on any atom is -0.482 e. The highest BCUT2D eigenvalue weighted by Gasteiger charge is 2.14. The van der Waals surface area contributed by atoms with Crippen LogP contribution in [0.15, 0.2) is 26.3 Å². The lowest BCUT2D eigenvalue weighted by atomic mass is 10.2. The normalized spacial score (nSPS) is 18.1. The van der Waals surface area contributed by atoms with E-state index in [4.69, 9.17) is 4.74 Å². The standard InChI is InChI=1S/C10H13IN2O2/c1-3-8(5-12-11)4-9-7(2)13-10(14)6-15-9/h4-5H,3,6H2,1-2H3,(H,13,14)/b8-4-,12-5?. The van der Waals surface area contributed by atoms with Crippen molar-refractivity contribution in [2.45, 2.75) is 20.3 Å². The summed E-state index contributed by atoms with van der Waals surface area (Å²) in [4.78, 5) is 11.0. The van der Waals surface area contributed by atoms with Crippen LogP contribution in [-0.4, -0.2) is 18.7 Å². The highest BCUT2D eigenvalue weighted by Crippen LogP contribution is 2.13. The van der Waals surface area contributed by atoms with Crippen molar-refractivity contribution < 1.29 is 9.53 Å². The summed E-state index contributed by atoms with van der Waals surface area (Å²) < 4.78 is 9.23. The third-order valence-corrected chi connectivity index (χ3v) is 2.27. The molecule has 0 spiro atoms. The zero-order chi connectivity index (χ0) is 11.3. The second kappa shape index (κ2) is 5.89. The van der Waals surface area contributed by atoms with E-state index in [1.165, 1.54) is 0 Å². The van der Waals surface area contributed by atoms with Crippen molar-refractivity contribution in [3.63, 3.8) is 0 Å². The van der Waals surface area contributed by atoms with Crippen LogP contribution < -0.4 is 5.32 Å². The zero-order valence-electron chi connectivity index (χ0n) is 8.71. The highest BCUT2D eigenvalue weighted by molar-refractivity contribution is 14.1. The second-order valence-corrected chi connectivity index (χ2v) is 3.68. The highest BCUT2D eigenvalue weighted by atomic mass is 127. The molecule has 1 N–H and O–H groups in total. The molecule has 82 valence electrons. The minimum absolute atomic E-state index is 0.0849. The van der Waals surface area contributed by atoms with E-state index in [1.807, 2.05) is 42.8 Å². The van der Waals surface area contributed by atoms with Gasteiger partial charge in [-0.2, -0.15) is 0 Å². The van der Waals surface area contributed by atoms with Crippen LogP contribution in [-0.2, 0) is 9.53 Å². The molecule has 0 aromatic carbocycles. The van der Waals surface area contributed by atoms with Gasteiger partial charge in [0.25, 0.3) is 5.91 Å². The van der Waals surface area contributed by atoms with E-state index in [0.717, 1.165) is 17.7 Å². The van der Waals surface area contributed by atoms with Crippen molar-refractivity contribution in [2.24, 2.45) is 3.21 Å². The van der Waals surface area contributed by atoms with Crippen LogP contribution >= 0.6 is 22.9 Å². The van der Waals surface area contributed by atoms with Crippen molar-refractivity contribution in [2.75, 3.05) is 6.61 Å². The molecule has 4 nitrogen and oxygen atoms in total. The number of nitrogens with zero attached hydrogens (tertiary/aromatic N) is 1. The molecular weight excluding hydrogens is 307 g/mol. The van der Waals surface area contributed by atoms with Crippen LogP contribution in [0.25, 0.3) is 0 Å². The lowest BCUT2D eigenvalue weighted by Gasteiger charge is -2.17. The number of halogens is 1. The first kappa shape index (κ1) is 12.2. The first-order valence-corrected chi connectivity index (χ1v) is 5.62. The average molecular weight is 320 g/mol. The monoisotopic (exact) mass is 320 g/mol. The molecule has 0 fully saturated rings. The van der Waals surface area contributed by atoms with E-state index in [0.29, 0.717) is 5.76 Å². The van der Waals surface area contributed by atoms with Gasteiger partial charge < -0.3 is 10.1 Å². The van der Waals surface area contributed by atoms with Crippen molar-refractivity contribution in [3.05, 3.63) is 23.1 Å². The van der Waals surface area contributed by atoms with E-state index in [-0.39, 0.29) is 12.5 Å². The van der Waals surface area contributed by atoms with Crippen LogP contribution in [0, 0.1) is 0 Å². The van der Waals surface area contributed by atoms with Gasteiger partial charge in [0.05, 0.1) is 28.6 Å². The minimum atomic E-state index is -0.106. The SMILES string of the molecule is CC/C(C=NI)=C/C1=C(C)NC(=O)CO1.